The van der Waals surface area contributed by atoms with E-state index in [1.54, 1.807) is 0 Å². The lowest BCUT2D eigenvalue weighted by Gasteiger charge is -2.09. The molecule has 0 N–H and O–H groups in total. The van der Waals surface area contributed by atoms with Gasteiger partial charge in [-0.3, -0.25) is 9.59 Å². The van der Waals surface area contributed by atoms with Crippen molar-refractivity contribution in [2.45, 2.75) is 54.7 Å². The van der Waals surface area contributed by atoms with Crippen LogP contribution in [0.25, 0.3) is 0 Å². The van der Waals surface area contributed by atoms with Crippen LogP contribution in [0.4, 0.5) is 0 Å². The van der Waals surface area contributed by atoms with Gasteiger partial charge >= 0.3 is 0 Å². The Morgan fingerprint density at radius 3 is 1.52 bits per heavy atom. The zero-order valence-electron chi connectivity index (χ0n) is 15.4. The zero-order valence-corrected chi connectivity index (χ0v) is 17.0. The molecule has 4 rings (SSSR count). The van der Waals surface area contributed by atoms with Crippen LogP contribution in [0, 0.1) is 11.8 Å². The van der Waals surface area contributed by atoms with Crippen LogP contribution in [0.3, 0.4) is 0 Å². The fourth-order valence-electron chi connectivity index (χ4n) is 3.25. The van der Waals surface area contributed by atoms with Crippen molar-refractivity contribution < 1.29 is 9.59 Å². The van der Waals surface area contributed by atoms with Crippen molar-refractivity contribution in [2.75, 3.05) is 0 Å². The SMILES string of the molecule is O=C(CC(=O)Sc1ccccc1CC1CC1)Sc1ccccc1CC1CC1. The van der Waals surface area contributed by atoms with Gasteiger partial charge < -0.3 is 0 Å². The van der Waals surface area contributed by atoms with Crippen molar-refractivity contribution in [1.29, 1.82) is 0 Å². The Morgan fingerprint density at radius 2 is 1.11 bits per heavy atom. The number of thioether (sulfide) groups is 2. The van der Waals surface area contributed by atoms with Crippen molar-refractivity contribution in [1.82, 2.24) is 0 Å². The van der Waals surface area contributed by atoms with Gasteiger partial charge in [0.25, 0.3) is 0 Å². The quantitative estimate of drug-likeness (QED) is 0.410. The molecule has 0 aromatic heterocycles. The first-order chi connectivity index (χ1) is 13.2. The molecular formula is C23H24O2S2. The van der Waals surface area contributed by atoms with E-state index < -0.39 is 0 Å². The highest BCUT2D eigenvalue weighted by atomic mass is 32.2. The summed E-state index contributed by atoms with van der Waals surface area (Å²) in [6, 6.07) is 16.2. The molecule has 0 unspecified atom stereocenters. The summed E-state index contributed by atoms with van der Waals surface area (Å²) in [5.74, 6) is 1.56. The molecule has 140 valence electrons. The van der Waals surface area contributed by atoms with Crippen molar-refractivity contribution in [3.05, 3.63) is 59.7 Å². The van der Waals surface area contributed by atoms with E-state index in [2.05, 4.69) is 12.1 Å². The number of rotatable bonds is 8. The van der Waals surface area contributed by atoms with Crippen LogP contribution < -0.4 is 0 Å². The van der Waals surface area contributed by atoms with Gasteiger partial charge in [-0.15, -0.1) is 0 Å². The van der Waals surface area contributed by atoms with E-state index in [9.17, 15) is 9.59 Å². The summed E-state index contributed by atoms with van der Waals surface area (Å²) in [5.41, 5.74) is 2.49. The Bertz CT molecular complexity index is 768. The fourth-order valence-corrected chi connectivity index (χ4v) is 5.09. The first-order valence-electron chi connectivity index (χ1n) is 9.74. The molecule has 0 aliphatic heterocycles. The number of hydrogen-bond donors (Lipinski definition) is 0. The first kappa shape index (κ1) is 18.8. The predicted octanol–water partition coefficient (Wildman–Crippen LogP) is 5.92. The average molecular weight is 397 g/mol. The van der Waals surface area contributed by atoms with Gasteiger partial charge in [-0.1, -0.05) is 59.9 Å². The maximum absolute atomic E-state index is 12.5. The molecule has 27 heavy (non-hydrogen) atoms. The minimum absolute atomic E-state index is 0.0230. The highest BCUT2D eigenvalue weighted by Crippen LogP contribution is 2.37. The highest BCUT2D eigenvalue weighted by molar-refractivity contribution is 8.15. The molecule has 0 saturated heterocycles. The molecule has 2 aliphatic rings. The molecule has 2 aromatic rings. The molecule has 0 heterocycles. The summed E-state index contributed by atoms with van der Waals surface area (Å²) >= 11 is 2.46. The number of carbonyl (C=O) groups excluding carboxylic acids is 2. The topological polar surface area (TPSA) is 34.1 Å². The Kier molecular flexibility index (Phi) is 6.04. The lowest BCUT2D eigenvalue weighted by Crippen LogP contribution is -2.02. The second-order valence-electron chi connectivity index (χ2n) is 7.64. The Hall–Kier alpha value is -1.52. The molecule has 2 saturated carbocycles. The predicted molar refractivity (Wildman–Crippen MR) is 112 cm³/mol. The Morgan fingerprint density at radius 1 is 0.704 bits per heavy atom. The summed E-state index contributed by atoms with van der Waals surface area (Å²) in [7, 11) is 0. The summed E-state index contributed by atoms with van der Waals surface area (Å²) in [4.78, 5) is 27.0. The van der Waals surface area contributed by atoms with Gasteiger partial charge in [0.05, 0.1) is 6.42 Å². The van der Waals surface area contributed by atoms with Crippen LogP contribution in [0.1, 0.15) is 43.2 Å². The molecule has 2 aliphatic carbocycles. The summed E-state index contributed by atoms with van der Waals surface area (Å²) in [6.07, 6.45) is 7.25. The molecule has 4 heteroatoms. The van der Waals surface area contributed by atoms with Gasteiger partial charge in [0, 0.05) is 9.79 Å². The largest absolute Gasteiger partial charge is 0.286 e. The molecule has 0 spiro atoms. The van der Waals surface area contributed by atoms with Gasteiger partial charge in [-0.05, 0) is 73.6 Å². The first-order valence-corrected chi connectivity index (χ1v) is 11.4. The van der Waals surface area contributed by atoms with Crippen molar-refractivity contribution >= 4 is 33.8 Å². The van der Waals surface area contributed by atoms with Crippen molar-refractivity contribution in [3.63, 3.8) is 0 Å². The summed E-state index contributed by atoms with van der Waals surface area (Å²) in [6.45, 7) is 0. The van der Waals surface area contributed by atoms with Gasteiger partial charge in [0.15, 0.2) is 0 Å². The van der Waals surface area contributed by atoms with E-state index in [1.165, 1.54) is 60.3 Å². The Labute approximate surface area is 169 Å². The molecule has 0 bridgehead atoms. The maximum atomic E-state index is 12.5. The van der Waals surface area contributed by atoms with E-state index >= 15 is 0 Å². The third kappa shape index (κ3) is 5.73. The Balaban J connectivity index is 1.34. The maximum Gasteiger partial charge on any atom is 0.202 e. The standard InChI is InChI=1S/C23H24O2S2/c24-22(26-20-7-3-1-5-18(20)13-16-9-10-16)15-23(25)27-21-8-4-2-6-19(21)14-17-11-12-17/h1-8,16-17H,9-15H2. The molecular weight excluding hydrogens is 372 g/mol. The van der Waals surface area contributed by atoms with Crippen LogP contribution in [-0.4, -0.2) is 10.2 Å². The average Bonchev–Trinajstić information content (AvgIpc) is 3.55. The van der Waals surface area contributed by atoms with Crippen LogP contribution in [-0.2, 0) is 22.4 Å². The van der Waals surface area contributed by atoms with Gasteiger partial charge in [-0.25, -0.2) is 0 Å². The minimum Gasteiger partial charge on any atom is -0.286 e. The third-order valence-electron chi connectivity index (χ3n) is 5.09. The van der Waals surface area contributed by atoms with Crippen LogP contribution in [0.2, 0.25) is 0 Å². The van der Waals surface area contributed by atoms with E-state index in [0.717, 1.165) is 34.5 Å². The van der Waals surface area contributed by atoms with Crippen LogP contribution in [0.15, 0.2) is 58.3 Å². The van der Waals surface area contributed by atoms with E-state index in [-0.39, 0.29) is 16.7 Å². The molecule has 0 radical (unpaired) electrons. The third-order valence-corrected chi connectivity index (χ3v) is 7.07. The van der Waals surface area contributed by atoms with Crippen molar-refractivity contribution in [3.8, 4) is 0 Å². The number of hydrogen-bond acceptors (Lipinski definition) is 4. The van der Waals surface area contributed by atoms with Crippen molar-refractivity contribution in [2.24, 2.45) is 11.8 Å². The highest BCUT2D eigenvalue weighted by Gasteiger charge is 2.24. The minimum atomic E-state index is -0.0598. The van der Waals surface area contributed by atoms with E-state index in [1.807, 2.05) is 36.4 Å². The molecule has 2 aromatic carbocycles. The van der Waals surface area contributed by atoms with Gasteiger partial charge in [-0.2, -0.15) is 0 Å². The fraction of sp³-hybridized carbons (Fsp3) is 0.391. The lowest BCUT2D eigenvalue weighted by atomic mass is 10.1. The molecule has 0 amide bonds. The smallest absolute Gasteiger partial charge is 0.202 e. The summed E-state index contributed by atoms with van der Waals surface area (Å²) < 4.78 is 0. The number of benzene rings is 2. The van der Waals surface area contributed by atoms with E-state index in [0.29, 0.717) is 0 Å². The molecule has 2 fully saturated rings. The van der Waals surface area contributed by atoms with Crippen LogP contribution >= 0.6 is 23.5 Å². The van der Waals surface area contributed by atoms with Gasteiger partial charge in [0.1, 0.15) is 0 Å². The molecule has 0 atom stereocenters. The van der Waals surface area contributed by atoms with Crippen LogP contribution in [0.5, 0.6) is 0 Å². The number of carbonyl (C=O) groups is 2. The zero-order chi connectivity index (χ0) is 18.6. The molecule has 2 nitrogen and oxygen atoms in total. The second-order valence-corrected chi connectivity index (χ2v) is 9.83. The normalized spacial score (nSPS) is 16.3. The van der Waals surface area contributed by atoms with E-state index in [4.69, 9.17) is 0 Å². The second kappa shape index (κ2) is 8.66. The van der Waals surface area contributed by atoms with Gasteiger partial charge in [0.2, 0.25) is 10.2 Å². The summed E-state index contributed by atoms with van der Waals surface area (Å²) in [5, 5.41) is -0.120. The monoisotopic (exact) mass is 396 g/mol. The lowest BCUT2D eigenvalue weighted by molar-refractivity contribution is -0.117.